The Balaban J connectivity index is 2.59. The molecule has 0 aliphatic carbocycles. The minimum atomic E-state index is -1.86. The fourth-order valence-electron chi connectivity index (χ4n) is 1.34. The van der Waals surface area contributed by atoms with Crippen molar-refractivity contribution in [1.29, 1.82) is 0 Å². The van der Waals surface area contributed by atoms with E-state index in [2.05, 4.69) is 0 Å². The van der Waals surface area contributed by atoms with Gasteiger partial charge in [-0.3, -0.25) is 0 Å². The SMILES string of the molecule is O=C(O)C(O)c1cc2ccoc2cc1F. The molecule has 2 N–H and O–H groups in total. The average Bonchev–Trinajstić information content (AvgIpc) is 2.62. The molecule has 0 bridgehead atoms. The van der Waals surface area contributed by atoms with E-state index in [0.717, 1.165) is 6.07 Å². The highest BCUT2D eigenvalue weighted by atomic mass is 19.1. The van der Waals surface area contributed by atoms with Crippen LogP contribution in [0.5, 0.6) is 0 Å². The third-order valence-corrected chi connectivity index (χ3v) is 2.10. The van der Waals surface area contributed by atoms with Gasteiger partial charge < -0.3 is 14.6 Å². The molecule has 0 fully saturated rings. The number of aliphatic hydroxyl groups excluding tert-OH is 1. The van der Waals surface area contributed by atoms with Crippen LogP contribution in [0.15, 0.2) is 28.9 Å². The predicted octanol–water partition coefficient (Wildman–Crippen LogP) is 1.69. The summed E-state index contributed by atoms with van der Waals surface area (Å²) in [6.45, 7) is 0. The summed E-state index contributed by atoms with van der Waals surface area (Å²) >= 11 is 0. The van der Waals surface area contributed by atoms with Crippen molar-refractivity contribution in [1.82, 2.24) is 0 Å². The maximum absolute atomic E-state index is 13.3. The highest BCUT2D eigenvalue weighted by Crippen LogP contribution is 2.24. The molecular formula is C10H7FO4. The first kappa shape index (κ1) is 9.67. The number of fused-ring (bicyclic) bond motifs is 1. The number of hydrogen-bond acceptors (Lipinski definition) is 3. The van der Waals surface area contributed by atoms with Crippen molar-refractivity contribution in [3.63, 3.8) is 0 Å². The summed E-state index contributed by atoms with van der Waals surface area (Å²) in [6.07, 6.45) is -0.495. The molecule has 0 amide bonds. The first-order valence-corrected chi connectivity index (χ1v) is 4.17. The molecule has 0 saturated heterocycles. The van der Waals surface area contributed by atoms with Crippen molar-refractivity contribution in [2.24, 2.45) is 0 Å². The van der Waals surface area contributed by atoms with Crippen molar-refractivity contribution in [2.45, 2.75) is 6.10 Å². The number of carboxylic acid groups (broad SMARTS) is 1. The van der Waals surface area contributed by atoms with Crippen molar-refractivity contribution in [2.75, 3.05) is 0 Å². The Kier molecular flexibility index (Phi) is 2.17. The second-order valence-corrected chi connectivity index (χ2v) is 3.07. The summed E-state index contributed by atoms with van der Waals surface area (Å²) in [5.41, 5.74) is 0.0465. The van der Waals surface area contributed by atoms with E-state index >= 15 is 0 Å². The van der Waals surface area contributed by atoms with E-state index in [0.29, 0.717) is 11.0 Å². The molecule has 5 heteroatoms. The lowest BCUT2D eigenvalue weighted by Gasteiger charge is -2.06. The molecular weight excluding hydrogens is 203 g/mol. The molecule has 78 valence electrons. The summed E-state index contributed by atoms with van der Waals surface area (Å²) < 4.78 is 18.2. The van der Waals surface area contributed by atoms with E-state index in [1.54, 1.807) is 6.07 Å². The summed E-state index contributed by atoms with van der Waals surface area (Å²) in [5, 5.41) is 18.3. The monoisotopic (exact) mass is 210 g/mol. The predicted molar refractivity (Wildman–Crippen MR) is 48.8 cm³/mol. The molecule has 15 heavy (non-hydrogen) atoms. The van der Waals surface area contributed by atoms with Gasteiger partial charge in [-0.2, -0.15) is 0 Å². The number of aliphatic carboxylic acids is 1. The van der Waals surface area contributed by atoms with Gasteiger partial charge in [-0.15, -0.1) is 0 Å². The highest BCUT2D eigenvalue weighted by molar-refractivity contribution is 5.81. The quantitative estimate of drug-likeness (QED) is 0.791. The molecule has 2 aromatic rings. The van der Waals surface area contributed by atoms with Gasteiger partial charge in [-0.25, -0.2) is 9.18 Å². The van der Waals surface area contributed by atoms with E-state index < -0.39 is 17.9 Å². The van der Waals surface area contributed by atoms with Gasteiger partial charge in [-0.05, 0) is 12.1 Å². The smallest absolute Gasteiger partial charge is 0.337 e. The number of halogens is 1. The Morgan fingerprint density at radius 2 is 2.20 bits per heavy atom. The second kappa shape index (κ2) is 3.36. The Morgan fingerprint density at radius 3 is 2.87 bits per heavy atom. The van der Waals surface area contributed by atoms with Crippen LogP contribution in [0.3, 0.4) is 0 Å². The van der Waals surface area contributed by atoms with Gasteiger partial charge in [0, 0.05) is 17.0 Å². The number of hydrogen-bond donors (Lipinski definition) is 2. The first-order valence-electron chi connectivity index (χ1n) is 4.17. The van der Waals surface area contributed by atoms with Crippen LogP contribution < -0.4 is 0 Å². The Morgan fingerprint density at radius 1 is 1.47 bits per heavy atom. The van der Waals surface area contributed by atoms with Crippen LogP contribution in [0.25, 0.3) is 11.0 Å². The van der Waals surface area contributed by atoms with Crippen LogP contribution in [0.1, 0.15) is 11.7 Å². The molecule has 1 aromatic carbocycles. The van der Waals surface area contributed by atoms with Gasteiger partial charge in [0.2, 0.25) is 0 Å². The number of rotatable bonds is 2. The molecule has 1 atom stereocenters. The van der Waals surface area contributed by atoms with Gasteiger partial charge in [0.25, 0.3) is 0 Å². The number of carboxylic acids is 1. The van der Waals surface area contributed by atoms with E-state index in [4.69, 9.17) is 9.52 Å². The molecule has 2 rings (SSSR count). The van der Waals surface area contributed by atoms with Gasteiger partial charge in [-0.1, -0.05) is 0 Å². The summed E-state index contributed by atoms with van der Waals surface area (Å²) in [7, 11) is 0. The fourth-order valence-corrected chi connectivity index (χ4v) is 1.34. The van der Waals surface area contributed by atoms with Crippen LogP contribution in [0.2, 0.25) is 0 Å². The van der Waals surface area contributed by atoms with Gasteiger partial charge >= 0.3 is 5.97 Å². The summed E-state index contributed by atoms with van der Waals surface area (Å²) in [5.74, 6) is -2.29. The number of benzene rings is 1. The molecule has 0 spiro atoms. The second-order valence-electron chi connectivity index (χ2n) is 3.07. The van der Waals surface area contributed by atoms with Crippen LogP contribution in [0, 0.1) is 5.82 Å². The zero-order chi connectivity index (χ0) is 11.0. The third-order valence-electron chi connectivity index (χ3n) is 2.10. The Hall–Kier alpha value is -1.88. The van der Waals surface area contributed by atoms with Crippen LogP contribution in [-0.2, 0) is 4.79 Å². The lowest BCUT2D eigenvalue weighted by Crippen LogP contribution is -2.12. The molecule has 1 aromatic heterocycles. The largest absolute Gasteiger partial charge is 0.479 e. The minimum absolute atomic E-state index is 0.267. The zero-order valence-corrected chi connectivity index (χ0v) is 7.48. The molecule has 0 radical (unpaired) electrons. The molecule has 0 saturated carbocycles. The van der Waals surface area contributed by atoms with E-state index in [1.165, 1.54) is 12.3 Å². The van der Waals surface area contributed by atoms with Crippen molar-refractivity contribution in [3.8, 4) is 0 Å². The van der Waals surface area contributed by atoms with E-state index in [9.17, 15) is 14.3 Å². The maximum Gasteiger partial charge on any atom is 0.337 e. The first-order chi connectivity index (χ1) is 7.09. The highest BCUT2D eigenvalue weighted by Gasteiger charge is 2.20. The van der Waals surface area contributed by atoms with Crippen LogP contribution >= 0.6 is 0 Å². The average molecular weight is 210 g/mol. The van der Waals surface area contributed by atoms with Crippen LogP contribution in [-0.4, -0.2) is 16.2 Å². The molecule has 0 aliphatic heterocycles. The van der Waals surface area contributed by atoms with Crippen molar-refractivity contribution >= 4 is 16.9 Å². The normalized spacial score (nSPS) is 12.9. The molecule has 1 unspecified atom stereocenters. The van der Waals surface area contributed by atoms with E-state index in [-0.39, 0.29) is 5.56 Å². The summed E-state index contributed by atoms with van der Waals surface area (Å²) in [6, 6.07) is 3.87. The van der Waals surface area contributed by atoms with Gasteiger partial charge in [0.15, 0.2) is 6.10 Å². The van der Waals surface area contributed by atoms with Gasteiger partial charge in [0.1, 0.15) is 11.4 Å². The Bertz CT molecular complexity index is 517. The number of carbonyl (C=O) groups is 1. The van der Waals surface area contributed by atoms with Crippen LogP contribution in [0.4, 0.5) is 4.39 Å². The van der Waals surface area contributed by atoms with E-state index in [1.807, 2.05) is 0 Å². The molecule has 4 nitrogen and oxygen atoms in total. The molecule has 0 aliphatic rings. The fraction of sp³-hybridized carbons (Fsp3) is 0.100. The Labute approximate surface area is 83.6 Å². The van der Waals surface area contributed by atoms with Crippen molar-refractivity contribution < 1.29 is 23.8 Å². The third kappa shape index (κ3) is 1.57. The van der Waals surface area contributed by atoms with Gasteiger partial charge in [0.05, 0.1) is 6.26 Å². The lowest BCUT2D eigenvalue weighted by atomic mass is 10.1. The lowest BCUT2D eigenvalue weighted by molar-refractivity contribution is -0.147. The standard InChI is InChI=1S/C10H7FO4/c11-7-4-8-5(1-2-15-8)3-6(7)9(12)10(13)14/h1-4,9,12H,(H,13,14). The summed E-state index contributed by atoms with van der Waals surface area (Å²) in [4.78, 5) is 10.5. The maximum atomic E-state index is 13.3. The zero-order valence-electron chi connectivity index (χ0n) is 7.48. The minimum Gasteiger partial charge on any atom is -0.479 e. The topological polar surface area (TPSA) is 70.7 Å². The number of aliphatic hydroxyl groups is 1. The number of furan rings is 1. The molecule has 1 heterocycles. The van der Waals surface area contributed by atoms with Crippen molar-refractivity contribution in [3.05, 3.63) is 35.8 Å².